The number of carbonyl (C=O) groups is 2. The number of allylic oxidation sites excluding steroid dienone is 1. The van der Waals surface area contributed by atoms with Gasteiger partial charge in [-0.3, -0.25) is 4.90 Å². The van der Waals surface area contributed by atoms with Crippen molar-refractivity contribution in [3.63, 3.8) is 0 Å². The van der Waals surface area contributed by atoms with Crippen molar-refractivity contribution in [2.24, 2.45) is 5.73 Å². The highest BCUT2D eigenvalue weighted by atomic mass is 19.4. The maximum absolute atomic E-state index is 13.9. The van der Waals surface area contributed by atoms with Gasteiger partial charge in [-0.25, -0.2) is 9.59 Å². The molecule has 1 atom stereocenters. The Morgan fingerprint density at radius 2 is 1.66 bits per heavy atom. The summed E-state index contributed by atoms with van der Waals surface area (Å²) in [5.74, 6) is -3.61. The third kappa shape index (κ3) is 5.85. The second kappa shape index (κ2) is 11.9. The minimum Gasteiger partial charge on any atom is -0.488 e. The number of hydrogen-bond acceptors (Lipinski definition) is 9. The van der Waals surface area contributed by atoms with Gasteiger partial charge in [0.05, 0.1) is 48.6 Å². The molecule has 1 fully saturated rings. The standard InChI is InChI=1S/C29H29F3N4O5/c1-35-13-11-19(12-14-35)41-22-10-9-18(29(30,31)32)15-21(22)36-25(28(38)40-3)24(27(37)39-2)23(20(16-33)26(36)34)17-7-5-4-6-8-17/h4-10,15,19,23H,11-14,34H2,1-3H3. The SMILES string of the molecule is COC(=O)C1=C(C(=O)OC)N(c2cc(C(F)(F)F)ccc2OC2CCN(C)CC2)C(N)=C(C#N)C1c1ccccc1. The summed E-state index contributed by atoms with van der Waals surface area (Å²) in [5.41, 5.74) is 4.62. The van der Waals surface area contributed by atoms with E-state index >= 15 is 0 Å². The molecule has 216 valence electrons. The Balaban J connectivity index is 2.02. The number of nitrogens with two attached hydrogens (primary N) is 1. The number of piperidine rings is 1. The largest absolute Gasteiger partial charge is 0.488 e. The number of alkyl halides is 3. The summed E-state index contributed by atoms with van der Waals surface area (Å²) >= 11 is 0. The van der Waals surface area contributed by atoms with Gasteiger partial charge in [-0.2, -0.15) is 18.4 Å². The highest BCUT2D eigenvalue weighted by molar-refractivity contribution is 6.06. The fourth-order valence-corrected chi connectivity index (χ4v) is 5.01. The molecule has 41 heavy (non-hydrogen) atoms. The molecule has 0 spiro atoms. The maximum Gasteiger partial charge on any atom is 0.416 e. The third-order valence-electron chi connectivity index (χ3n) is 7.10. The molecule has 0 radical (unpaired) electrons. The van der Waals surface area contributed by atoms with Crippen LogP contribution in [0, 0.1) is 11.3 Å². The number of esters is 2. The molecule has 2 aromatic rings. The number of nitriles is 1. The van der Waals surface area contributed by atoms with E-state index in [-0.39, 0.29) is 34.5 Å². The molecule has 2 aromatic carbocycles. The van der Waals surface area contributed by atoms with E-state index in [1.807, 2.05) is 13.1 Å². The van der Waals surface area contributed by atoms with Crippen LogP contribution in [-0.2, 0) is 25.2 Å². The van der Waals surface area contributed by atoms with Crippen LogP contribution in [0.25, 0.3) is 0 Å². The Bertz CT molecular complexity index is 1420. The second-order valence-electron chi connectivity index (χ2n) is 9.64. The Morgan fingerprint density at radius 3 is 2.22 bits per heavy atom. The van der Waals surface area contributed by atoms with Gasteiger partial charge >= 0.3 is 18.1 Å². The van der Waals surface area contributed by atoms with E-state index in [9.17, 15) is 28.0 Å². The fourth-order valence-electron chi connectivity index (χ4n) is 5.01. The lowest BCUT2D eigenvalue weighted by atomic mass is 9.81. The van der Waals surface area contributed by atoms with E-state index in [4.69, 9.17) is 19.9 Å². The van der Waals surface area contributed by atoms with E-state index in [2.05, 4.69) is 4.90 Å². The first-order chi connectivity index (χ1) is 19.5. The highest BCUT2D eigenvalue weighted by Gasteiger charge is 2.44. The quantitative estimate of drug-likeness (QED) is 0.513. The number of benzene rings is 2. The topological polar surface area (TPSA) is 118 Å². The molecule has 1 saturated heterocycles. The van der Waals surface area contributed by atoms with Crippen LogP contribution in [0.15, 0.2) is 71.2 Å². The van der Waals surface area contributed by atoms with Gasteiger partial charge in [0.25, 0.3) is 0 Å². The monoisotopic (exact) mass is 570 g/mol. The lowest BCUT2D eigenvalue weighted by Crippen LogP contribution is -2.41. The van der Waals surface area contributed by atoms with Crippen molar-refractivity contribution in [3.05, 3.63) is 82.3 Å². The molecule has 9 nitrogen and oxygen atoms in total. The summed E-state index contributed by atoms with van der Waals surface area (Å²) < 4.78 is 58.0. The van der Waals surface area contributed by atoms with Crippen molar-refractivity contribution in [1.82, 2.24) is 4.90 Å². The smallest absolute Gasteiger partial charge is 0.416 e. The van der Waals surface area contributed by atoms with Crippen molar-refractivity contribution in [3.8, 4) is 11.8 Å². The van der Waals surface area contributed by atoms with E-state index in [1.165, 1.54) is 0 Å². The molecule has 12 heteroatoms. The zero-order chi connectivity index (χ0) is 29.9. The molecule has 0 aromatic heterocycles. The molecular formula is C29H29F3N4O5. The number of likely N-dealkylation sites (tertiary alicyclic amines) is 1. The minimum atomic E-state index is -4.76. The van der Waals surface area contributed by atoms with Crippen molar-refractivity contribution in [2.75, 3.05) is 39.3 Å². The van der Waals surface area contributed by atoms with Crippen molar-refractivity contribution >= 4 is 17.6 Å². The van der Waals surface area contributed by atoms with E-state index in [1.54, 1.807) is 30.3 Å². The zero-order valence-electron chi connectivity index (χ0n) is 22.7. The molecule has 2 N–H and O–H groups in total. The number of ether oxygens (including phenoxy) is 3. The average Bonchev–Trinajstić information content (AvgIpc) is 2.97. The zero-order valence-corrected chi connectivity index (χ0v) is 22.7. The van der Waals surface area contributed by atoms with Gasteiger partial charge in [0.1, 0.15) is 23.4 Å². The summed E-state index contributed by atoms with van der Waals surface area (Å²) in [6.07, 6.45) is -3.89. The second-order valence-corrected chi connectivity index (χ2v) is 9.64. The number of halogens is 3. The van der Waals surface area contributed by atoms with Gasteiger partial charge in [-0.15, -0.1) is 0 Å². The third-order valence-corrected chi connectivity index (χ3v) is 7.10. The lowest BCUT2D eigenvalue weighted by molar-refractivity contribution is -0.139. The number of carbonyl (C=O) groups excluding carboxylic acids is 2. The summed E-state index contributed by atoms with van der Waals surface area (Å²) in [7, 11) is 4.10. The molecule has 2 aliphatic heterocycles. The van der Waals surface area contributed by atoms with Crippen LogP contribution < -0.4 is 15.4 Å². The van der Waals surface area contributed by atoms with Crippen molar-refractivity contribution in [2.45, 2.75) is 31.0 Å². The fraction of sp³-hybridized carbons (Fsp3) is 0.345. The first-order valence-electron chi connectivity index (χ1n) is 12.7. The molecule has 1 unspecified atom stereocenters. The lowest BCUT2D eigenvalue weighted by Gasteiger charge is -2.37. The number of nitrogens with zero attached hydrogens (tertiary/aromatic N) is 3. The molecule has 2 aliphatic rings. The maximum atomic E-state index is 13.9. The van der Waals surface area contributed by atoms with Crippen molar-refractivity contribution in [1.29, 1.82) is 5.26 Å². The number of hydrogen-bond donors (Lipinski definition) is 1. The van der Waals surface area contributed by atoms with Gasteiger partial charge in [0, 0.05) is 13.1 Å². The first-order valence-corrected chi connectivity index (χ1v) is 12.7. The summed E-state index contributed by atoms with van der Waals surface area (Å²) in [6.45, 7) is 1.42. The first kappa shape index (κ1) is 29.5. The summed E-state index contributed by atoms with van der Waals surface area (Å²) in [4.78, 5) is 29.7. The van der Waals surface area contributed by atoms with E-state index < -0.39 is 35.3 Å². The Hall–Kier alpha value is -4.50. The number of rotatable bonds is 6. The molecule has 0 aliphatic carbocycles. The van der Waals surface area contributed by atoms with Crippen LogP contribution in [0.2, 0.25) is 0 Å². The molecule has 0 saturated carbocycles. The van der Waals surface area contributed by atoms with Gasteiger partial charge in [0.15, 0.2) is 0 Å². The average molecular weight is 571 g/mol. The predicted molar refractivity (Wildman–Crippen MR) is 142 cm³/mol. The van der Waals surface area contributed by atoms with Gasteiger partial charge in [-0.05, 0) is 43.7 Å². The van der Waals surface area contributed by atoms with Gasteiger partial charge in [0.2, 0.25) is 0 Å². The van der Waals surface area contributed by atoms with E-state index in [0.29, 0.717) is 31.5 Å². The van der Waals surface area contributed by atoms with Crippen LogP contribution in [-0.4, -0.2) is 57.3 Å². The van der Waals surface area contributed by atoms with Crippen LogP contribution in [0.4, 0.5) is 18.9 Å². The minimum absolute atomic E-state index is 0.0171. The Morgan fingerprint density at radius 1 is 1.02 bits per heavy atom. The van der Waals surface area contributed by atoms with Gasteiger partial charge < -0.3 is 24.8 Å². The Kier molecular flexibility index (Phi) is 8.58. The molecule has 0 amide bonds. The molecule has 0 bridgehead atoms. The number of anilines is 1. The van der Waals surface area contributed by atoms with E-state index in [0.717, 1.165) is 37.3 Å². The van der Waals surface area contributed by atoms with Crippen LogP contribution >= 0.6 is 0 Å². The highest BCUT2D eigenvalue weighted by Crippen LogP contribution is 2.47. The molecular weight excluding hydrogens is 541 g/mol. The molecule has 4 rings (SSSR count). The van der Waals surface area contributed by atoms with Crippen molar-refractivity contribution < 1.29 is 37.0 Å². The van der Waals surface area contributed by atoms with Crippen LogP contribution in [0.3, 0.4) is 0 Å². The molecule has 2 heterocycles. The van der Waals surface area contributed by atoms with Crippen LogP contribution in [0.1, 0.15) is 29.9 Å². The summed E-state index contributed by atoms with van der Waals surface area (Å²) in [6, 6.07) is 13.1. The van der Waals surface area contributed by atoms with Crippen LogP contribution in [0.5, 0.6) is 5.75 Å². The van der Waals surface area contributed by atoms with Gasteiger partial charge in [-0.1, -0.05) is 30.3 Å². The normalized spacial score (nSPS) is 18.7. The predicted octanol–water partition coefficient (Wildman–Crippen LogP) is 4.08. The number of methoxy groups -OCH3 is 2. The Labute approximate surface area is 235 Å². The summed E-state index contributed by atoms with van der Waals surface area (Å²) in [5, 5.41) is 10.2.